The molecule has 0 bridgehead atoms. The lowest BCUT2D eigenvalue weighted by Crippen LogP contribution is -2.00. The molecule has 1 atom stereocenters. The summed E-state index contributed by atoms with van der Waals surface area (Å²) in [6.45, 7) is 10.9. The third-order valence-electron chi connectivity index (χ3n) is 4.11. The largest absolute Gasteiger partial charge is 0.238 e. The van der Waals surface area contributed by atoms with Gasteiger partial charge in [-0.2, -0.15) is 5.10 Å². The van der Waals surface area contributed by atoms with Crippen LogP contribution >= 0.6 is 0 Å². The highest BCUT2D eigenvalue weighted by atomic mass is 15.3. The Kier molecular flexibility index (Phi) is 4.08. The van der Waals surface area contributed by atoms with E-state index in [2.05, 4.69) is 68.7 Å². The molecular weight excluding hydrogens is 232 g/mol. The quantitative estimate of drug-likeness (QED) is 0.783. The molecule has 2 aromatic rings. The summed E-state index contributed by atoms with van der Waals surface area (Å²) in [4.78, 5) is 0. The van der Waals surface area contributed by atoms with Crippen LogP contribution in [-0.4, -0.2) is 9.78 Å². The van der Waals surface area contributed by atoms with E-state index in [1.165, 1.54) is 23.2 Å². The summed E-state index contributed by atoms with van der Waals surface area (Å²) in [5.74, 6) is 0.626. The smallest absolute Gasteiger partial charge is 0.0649 e. The van der Waals surface area contributed by atoms with Crippen LogP contribution in [0.15, 0.2) is 24.3 Å². The number of nitrogens with zero attached hydrogens (tertiary/aromatic N) is 2. The van der Waals surface area contributed by atoms with Crippen LogP contribution in [0.3, 0.4) is 0 Å². The zero-order valence-corrected chi connectivity index (χ0v) is 12.7. The summed E-state index contributed by atoms with van der Waals surface area (Å²) in [5.41, 5.74) is 6.34. The van der Waals surface area contributed by atoms with Gasteiger partial charge in [-0.1, -0.05) is 32.9 Å². The van der Waals surface area contributed by atoms with E-state index in [-0.39, 0.29) is 0 Å². The molecule has 0 saturated heterocycles. The maximum atomic E-state index is 4.66. The summed E-state index contributed by atoms with van der Waals surface area (Å²) in [6, 6.07) is 8.82. The molecule has 102 valence electrons. The van der Waals surface area contributed by atoms with Gasteiger partial charge < -0.3 is 0 Å². The van der Waals surface area contributed by atoms with Crippen molar-refractivity contribution in [1.82, 2.24) is 9.78 Å². The van der Waals surface area contributed by atoms with E-state index < -0.39 is 0 Å². The number of rotatable bonds is 4. The summed E-state index contributed by atoms with van der Waals surface area (Å²) < 4.78 is 2.06. The summed E-state index contributed by atoms with van der Waals surface area (Å²) in [7, 11) is 0. The first kappa shape index (κ1) is 13.9. The van der Waals surface area contributed by atoms with E-state index in [1.807, 2.05) is 0 Å². The van der Waals surface area contributed by atoms with Crippen molar-refractivity contribution in [3.63, 3.8) is 0 Å². The van der Waals surface area contributed by atoms with E-state index in [1.54, 1.807) is 0 Å². The lowest BCUT2D eigenvalue weighted by atomic mass is 9.99. The fourth-order valence-electron chi connectivity index (χ4n) is 2.62. The van der Waals surface area contributed by atoms with Crippen LogP contribution in [-0.2, 0) is 6.42 Å². The molecule has 0 amide bonds. The van der Waals surface area contributed by atoms with Crippen molar-refractivity contribution in [1.29, 1.82) is 0 Å². The fourth-order valence-corrected chi connectivity index (χ4v) is 2.62. The summed E-state index contributed by atoms with van der Waals surface area (Å²) in [6.07, 6.45) is 2.22. The first-order chi connectivity index (χ1) is 9.08. The van der Waals surface area contributed by atoms with E-state index in [0.29, 0.717) is 5.92 Å². The molecule has 2 heteroatoms. The molecule has 0 N–H and O–H groups in total. The maximum absolute atomic E-state index is 4.66. The summed E-state index contributed by atoms with van der Waals surface area (Å²) >= 11 is 0. The molecule has 0 aliphatic carbocycles. The second kappa shape index (κ2) is 5.60. The third kappa shape index (κ3) is 2.58. The molecular formula is C17H24N2. The number of aryl methyl sites for hydroxylation is 1. The minimum absolute atomic E-state index is 0.626. The predicted molar refractivity (Wildman–Crippen MR) is 81.1 cm³/mol. The molecule has 2 nitrogen and oxygen atoms in total. The minimum Gasteiger partial charge on any atom is -0.238 e. The maximum Gasteiger partial charge on any atom is 0.0649 e. The first-order valence-corrected chi connectivity index (χ1v) is 7.23. The summed E-state index contributed by atoms with van der Waals surface area (Å²) in [5, 5.41) is 4.66. The molecule has 1 heterocycles. The van der Waals surface area contributed by atoms with E-state index in [4.69, 9.17) is 0 Å². The van der Waals surface area contributed by atoms with Gasteiger partial charge >= 0.3 is 0 Å². The van der Waals surface area contributed by atoms with Gasteiger partial charge in [0.15, 0.2) is 0 Å². The molecule has 1 aromatic carbocycles. The Labute approximate surface area is 116 Å². The Morgan fingerprint density at radius 3 is 2.21 bits per heavy atom. The van der Waals surface area contributed by atoms with E-state index in [0.717, 1.165) is 17.8 Å². The van der Waals surface area contributed by atoms with Crippen LogP contribution < -0.4 is 0 Å². The molecule has 0 aliphatic rings. The van der Waals surface area contributed by atoms with Gasteiger partial charge in [0.2, 0.25) is 0 Å². The van der Waals surface area contributed by atoms with Gasteiger partial charge in [0.25, 0.3) is 0 Å². The molecule has 0 radical (unpaired) electrons. The number of hydrogen-bond acceptors (Lipinski definition) is 1. The van der Waals surface area contributed by atoms with E-state index >= 15 is 0 Å². The van der Waals surface area contributed by atoms with Gasteiger partial charge in [0, 0.05) is 5.69 Å². The van der Waals surface area contributed by atoms with Crippen molar-refractivity contribution in [2.75, 3.05) is 0 Å². The van der Waals surface area contributed by atoms with Crippen LogP contribution in [0.4, 0.5) is 0 Å². The van der Waals surface area contributed by atoms with Gasteiger partial charge in [0.1, 0.15) is 0 Å². The normalized spacial score (nSPS) is 12.7. The molecule has 19 heavy (non-hydrogen) atoms. The lowest BCUT2D eigenvalue weighted by molar-refractivity contribution is 0.732. The van der Waals surface area contributed by atoms with Crippen LogP contribution in [0.5, 0.6) is 0 Å². The van der Waals surface area contributed by atoms with Crippen LogP contribution in [0.2, 0.25) is 0 Å². The van der Waals surface area contributed by atoms with Crippen molar-refractivity contribution in [2.45, 2.75) is 53.4 Å². The van der Waals surface area contributed by atoms with Gasteiger partial charge in [-0.3, -0.25) is 0 Å². The Balaban J connectivity index is 2.37. The van der Waals surface area contributed by atoms with Crippen molar-refractivity contribution in [3.8, 4) is 5.69 Å². The van der Waals surface area contributed by atoms with Crippen molar-refractivity contribution in [2.24, 2.45) is 0 Å². The predicted octanol–water partition coefficient (Wildman–Crippen LogP) is 4.57. The zero-order valence-electron chi connectivity index (χ0n) is 12.7. The van der Waals surface area contributed by atoms with Crippen LogP contribution in [0.1, 0.15) is 55.6 Å². The monoisotopic (exact) mass is 256 g/mol. The first-order valence-electron chi connectivity index (χ1n) is 7.23. The van der Waals surface area contributed by atoms with Gasteiger partial charge in [-0.15, -0.1) is 0 Å². The van der Waals surface area contributed by atoms with E-state index in [9.17, 15) is 0 Å². The topological polar surface area (TPSA) is 17.8 Å². The highest BCUT2D eigenvalue weighted by Crippen LogP contribution is 2.22. The average molecular weight is 256 g/mol. The zero-order chi connectivity index (χ0) is 14.0. The highest BCUT2D eigenvalue weighted by Gasteiger charge is 2.11. The molecule has 1 unspecified atom stereocenters. The Morgan fingerprint density at radius 2 is 1.74 bits per heavy atom. The van der Waals surface area contributed by atoms with Crippen molar-refractivity contribution >= 4 is 0 Å². The second-order valence-corrected chi connectivity index (χ2v) is 5.32. The van der Waals surface area contributed by atoms with Gasteiger partial charge in [0.05, 0.1) is 11.4 Å². The third-order valence-corrected chi connectivity index (χ3v) is 4.11. The van der Waals surface area contributed by atoms with Crippen LogP contribution in [0, 0.1) is 13.8 Å². The SMILES string of the molecule is CCc1c(C)nn(-c2ccc(C(C)CC)cc2)c1C. The lowest BCUT2D eigenvalue weighted by Gasteiger charge is -2.10. The molecule has 0 saturated carbocycles. The second-order valence-electron chi connectivity index (χ2n) is 5.32. The average Bonchev–Trinajstić information content (AvgIpc) is 2.72. The molecule has 0 spiro atoms. The van der Waals surface area contributed by atoms with Gasteiger partial charge in [-0.25, -0.2) is 4.68 Å². The molecule has 0 fully saturated rings. The number of aromatic nitrogens is 2. The van der Waals surface area contributed by atoms with Gasteiger partial charge in [-0.05, 0) is 55.9 Å². The highest BCUT2D eigenvalue weighted by molar-refractivity contribution is 5.39. The molecule has 2 rings (SSSR count). The van der Waals surface area contributed by atoms with Crippen molar-refractivity contribution in [3.05, 3.63) is 46.8 Å². The number of hydrogen-bond donors (Lipinski definition) is 0. The standard InChI is InChI=1S/C17H24N2/c1-6-12(3)15-8-10-16(11-9-15)19-14(5)17(7-2)13(4)18-19/h8-12H,6-7H2,1-5H3. The minimum atomic E-state index is 0.626. The Bertz CT molecular complexity index is 549. The number of benzene rings is 1. The Morgan fingerprint density at radius 1 is 1.11 bits per heavy atom. The fraction of sp³-hybridized carbons (Fsp3) is 0.471. The Hall–Kier alpha value is -1.57. The van der Waals surface area contributed by atoms with Crippen LogP contribution in [0.25, 0.3) is 5.69 Å². The molecule has 0 aliphatic heterocycles. The van der Waals surface area contributed by atoms with Crippen molar-refractivity contribution < 1.29 is 0 Å². The molecule has 1 aromatic heterocycles.